The summed E-state index contributed by atoms with van der Waals surface area (Å²) in [5, 5.41) is 15.5. The number of hydrogen-bond acceptors (Lipinski definition) is 6. The van der Waals surface area contributed by atoms with E-state index in [9.17, 15) is 14.7 Å². The molecule has 22 heavy (non-hydrogen) atoms. The fourth-order valence-corrected chi connectivity index (χ4v) is 3.44. The van der Waals surface area contributed by atoms with E-state index in [1.807, 2.05) is 0 Å². The van der Waals surface area contributed by atoms with Crippen molar-refractivity contribution in [2.24, 2.45) is 0 Å². The summed E-state index contributed by atoms with van der Waals surface area (Å²) in [6, 6.07) is 6.01. The molecule has 1 aromatic rings. The maximum Gasteiger partial charge on any atom is 0.345 e. The number of rotatable bonds is 4. The Hall–Kier alpha value is -1.86. The molecule has 7 heteroatoms. The number of nitrogens with one attached hydrogen (secondary N) is 1. The molecule has 2 rings (SSSR count). The van der Waals surface area contributed by atoms with Gasteiger partial charge in [0.2, 0.25) is 0 Å². The van der Waals surface area contributed by atoms with Crippen molar-refractivity contribution in [2.45, 2.75) is 20.0 Å². The van der Waals surface area contributed by atoms with Crippen molar-refractivity contribution in [1.82, 2.24) is 0 Å². The van der Waals surface area contributed by atoms with Gasteiger partial charge in [-0.2, -0.15) is 0 Å². The molecule has 0 saturated heterocycles. The highest BCUT2D eigenvalue weighted by atomic mass is 32.2. The average molecular weight is 337 g/mol. The van der Waals surface area contributed by atoms with Crippen LogP contribution in [-0.2, 0) is 14.3 Å². The zero-order valence-electron chi connectivity index (χ0n) is 12.0. The fourth-order valence-electron chi connectivity index (χ4n) is 1.60. The summed E-state index contributed by atoms with van der Waals surface area (Å²) >= 11 is 2.62. The highest BCUT2D eigenvalue weighted by molar-refractivity contribution is 8.27. The molecular formula is C15H15NO4S2. The first-order chi connectivity index (χ1) is 10.5. The second-order valence-electron chi connectivity index (χ2n) is 4.63. The van der Waals surface area contributed by atoms with Crippen LogP contribution >= 0.6 is 23.5 Å². The van der Waals surface area contributed by atoms with Gasteiger partial charge in [-0.25, -0.2) is 4.79 Å². The number of hydrogen-bond donors (Lipinski definition) is 2. The van der Waals surface area contributed by atoms with Crippen molar-refractivity contribution in [3.63, 3.8) is 0 Å². The van der Waals surface area contributed by atoms with Gasteiger partial charge in [0.1, 0.15) is 11.3 Å². The SMILES string of the molecule is CC(C)OC(=O)C(C(=O)Nc1ccc(O)cc1)=C1SC=CS1. The predicted octanol–water partition coefficient (Wildman–Crippen LogP) is 3.45. The van der Waals surface area contributed by atoms with E-state index in [-0.39, 0.29) is 17.4 Å². The quantitative estimate of drug-likeness (QED) is 0.288. The third kappa shape index (κ3) is 4.32. The molecule has 0 saturated carbocycles. The molecule has 0 radical (unpaired) electrons. The Morgan fingerprint density at radius 2 is 1.73 bits per heavy atom. The van der Waals surface area contributed by atoms with Gasteiger partial charge in [-0.15, -0.1) is 0 Å². The Morgan fingerprint density at radius 3 is 2.27 bits per heavy atom. The van der Waals surface area contributed by atoms with E-state index in [0.29, 0.717) is 9.92 Å². The predicted molar refractivity (Wildman–Crippen MR) is 89.3 cm³/mol. The summed E-state index contributed by atoms with van der Waals surface area (Å²) in [6.45, 7) is 3.45. The van der Waals surface area contributed by atoms with E-state index in [2.05, 4.69) is 5.32 Å². The topological polar surface area (TPSA) is 75.6 Å². The van der Waals surface area contributed by atoms with E-state index < -0.39 is 11.9 Å². The van der Waals surface area contributed by atoms with Crippen LogP contribution in [0.15, 0.2) is 44.9 Å². The fraction of sp³-hybridized carbons (Fsp3) is 0.200. The van der Waals surface area contributed by atoms with Gasteiger partial charge in [0.25, 0.3) is 5.91 Å². The molecule has 5 nitrogen and oxygen atoms in total. The molecule has 0 spiro atoms. The van der Waals surface area contributed by atoms with Crippen LogP contribution in [0.5, 0.6) is 5.75 Å². The van der Waals surface area contributed by atoms with Crippen LogP contribution in [0.1, 0.15) is 13.8 Å². The normalized spacial score (nSPS) is 13.3. The van der Waals surface area contributed by atoms with Crippen LogP contribution in [0, 0.1) is 0 Å². The highest BCUT2D eigenvalue weighted by Crippen LogP contribution is 2.40. The Balaban J connectivity index is 2.21. The molecule has 2 N–H and O–H groups in total. The summed E-state index contributed by atoms with van der Waals surface area (Å²) in [4.78, 5) is 24.6. The molecule has 0 atom stereocenters. The smallest absolute Gasteiger partial charge is 0.345 e. The Morgan fingerprint density at radius 1 is 1.14 bits per heavy atom. The standard InChI is InChI=1S/C15H15NO4S2/c1-9(2)20-14(19)12(15-21-7-8-22-15)13(18)16-10-3-5-11(17)6-4-10/h3-9,17H,1-2H3,(H,16,18). The molecule has 0 unspecified atom stereocenters. The van der Waals surface area contributed by atoms with Gasteiger partial charge in [0, 0.05) is 5.69 Å². The zero-order chi connectivity index (χ0) is 16.1. The van der Waals surface area contributed by atoms with Gasteiger partial charge in [-0.05, 0) is 48.9 Å². The van der Waals surface area contributed by atoms with Crippen LogP contribution in [0.2, 0.25) is 0 Å². The molecule has 1 heterocycles. The molecule has 1 amide bonds. The second-order valence-corrected chi connectivity index (χ2v) is 6.72. The minimum absolute atomic E-state index is 0.0122. The summed E-state index contributed by atoms with van der Waals surface area (Å²) in [7, 11) is 0. The maximum atomic E-state index is 12.4. The van der Waals surface area contributed by atoms with Crippen LogP contribution in [0.25, 0.3) is 0 Å². The monoisotopic (exact) mass is 337 g/mol. The number of phenolic OH excluding ortho intramolecular Hbond substituents is 1. The molecular weight excluding hydrogens is 322 g/mol. The maximum absolute atomic E-state index is 12.4. The molecule has 1 aliphatic rings. The number of esters is 1. The van der Waals surface area contributed by atoms with E-state index in [0.717, 1.165) is 0 Å². The molecule has 0 aliphatic carbocycles. The van der Waals surface area contributed by atoms with Crippen molar-refractivity contribution in [3.05, 3.63) is 44.9 Å². The molecule has 116 valence electrons. The number of benzene rings is 1. The van der Waals surface area contributed by atoms with Gasteiger partial charge in [-0.3, -0.25) is 4.79 Å². The average Bonchev–Trinajstić information content (AvgIpc) is 2.94. The third-order valence-corrected chi connectivity index (χ3v) is 4.64. The van der Waals surface area contributed by atoms with Crippen molar-refractivity contribution < 1.29 is 19.4 Å². The number of aromatic hydroxyl groups is 1. The summed E-state index contributed by atoms with van der Waals surface area (Å²) < 4.78 is 5.74. The van der Waals surface area contributed by atoms with Gasteiger partial charge in [0.05, 0.1) is 10.3 Å². The van der Waals surface area contributed by atoms with Crippen molar-refractivity contribution in [2.75, 3.05) is 5.32 Å². The lowest BCUT2D eigenvalue weighted by molar-refractivity contribution is -0.143. The van der Waals surface area contributed by atoms with Crippen LogP contribution in [-0.4, -0.2) is 23.1 Å². The first-order valence-corrected chi connectivity index (χ1v) is 8.27. The summed E-state index contributed by atoms with van der Waals surface area (Å²) in [5.41, 5.74) is 0.473. The number of thioether (sulfide) groups is 2. The van der Waals surface area contributed by atoms with Gasteiger partial charge >= 0.3 is 5.97 Å². The van der Waals surface area contributed by atoms with E-state index in [1.54, 1.807) is 36.8 Å². The van der Waals surface area contributed by atoms with Crippen LogP contribution in [0.4, 0.5) is 5.69 Å². The van der Waals surface area contributed by atoms with E-state index in [1.165, 1.54) is 35.7 Å². The minimum Gasteiger partial charge on any atom is -0.508 e. The minimum atomic E-state index is -0.648. The van der Waals surface area contributed by atoms with Crippen LogP contribution < -0.4 is 5.32 Å². The number of anilines is 1. The summed E-state index contributed by atoms with van der Waals surface area (Å²) in [6.07, 6.45) is -0.311. The third-order valence-electron chi connectivity index (χ3n) is 2.51. The molecule has 0 bridgehead atoms. The first-order valence-electron chi connectivity index (χ1n) is 6.51. The Kier molecular flexibility index (Phi) is 5.57. The number of carbonyl (C=O) groups is 2. The number of carbonyl (C=O) groups excluding carboxylic acids is 2. The number of amides is 1. The molecule has 0 aromatic heterocycles. The lowest BCUT2D eigenvalue weighted by Gasteiger charge is -2.13. The number of ether oxygens (including phenoxy) is 1. The van der Waals surface area contributed by atoms with Crippen LogP contribution in [0.3, 0.4) is 0 Å². The lowest BCUT2D eigenvalue weighted by Crippen LogP contribution is -2.25. The molecule has 0 fully saturated rings. The van der Waals surface area contributed by atoms with Crippen molar-refractivity contribution >= 4 is 41.1 Å². The highest BCUT2D eigenvalue weighted by Gasteiger charge is 2.27. The first kappa shape index (κ1) is 16.5. The Labute approximate surface area is 136 Å². The van der Waals surface area contributed by atoms with Gasteiger partial charge < -0.3 is 15.2 Å². The second kappa shape index (κ2) is 7.42. The zero-order valence-corrected chi connectivity index (χ0v) is 13.7. The van der Waals surface area contributed by atoms with Gasteiger partial charge in [-0.1, -0.05) is 23.5 Å². The molecule has 1 aliphatic heterocycles. The number of phenols is 1. The van der Waals surface area contributed by atoms with E-state index in [4.69, 9.17) is 4.74 Å². The Bertz CT molecular complexity index is 625. The van der Waals surface area contributed by atoms with Crippen molar-refractivity contribution in [3.8, 4) is 5.75 Å². The molecule has 1 aromatic carbocycles. The largest absolute Gasteiger partial charge is 0.508 e. The van der Waals surface area contributed by atoms with E-state index >= 15 is 0 Å². The van der Waals surface area contributed by atoms with Gasteiger partial charge in [0.15, 0.2) is 0 Å². The van der Waals surface area contributed by atoms with Crippen molar-refractivity contribution in [1.29, 1.82) is 0 Å². The summed E-state index contributed by atoms with van der Waals surface area (Å²) in [5.74, 6) is -1.08. The lowest BCUT2D eigenvalue weighted by atomic mass is 10.2.